The number of nitrogens with one attached hydrogen (secondary N) is 1. The molecule has 0 fully saturated rings. The van der Waals surface area contributed by atoms with E-state index in [-0.39, 0.29) is 12.2 Å². The summed E-state index contributed by atoms with van der Waals surface area (Å²) in [5.74, 6) is -0.0730. The van der Waals surface area contributed by atoms with Gasteiger partial charge >= 0.3 is 0 Å². The van der Waals surface area contributed by atoms with E-state index in [1.165, 1.54) is 13.5 Å². The molecule has 0 amide bonds. The number of hydrogen-bond donors (Lipinski definition) is 1. The third kappa shape index (κ3) is 7.58. The van der Waals surface area contributed by atoms with Crippen molar-refractivity contribution in [3.8, 4) is 0 Å². The summed E-state index contributed by atoms with van der Waals surface area (Å²) in [7, 11) is -3.18. The maximum Gasteiger partial charge on any atom is 0.209 e. The molecule has 0 unspecified atom stereocenters. The molecule has 0 atom stereocenters. The number of carbonyl (C=O) groups excluding carboxylic acids is 1. The number of carbonyl (C=O) groups is 1. The SMILES string of the molecule is CC(=O)C[CH]NS(C)(=O)=O. The molecule has 0 aliphatic heterocycles. The van der Waals surface area contributed by atoms with Crippen LogP contribution >= 0.6 is 0 Å². The van der Waals surface area contributed by atoms with E-state index in [2.05, 4.69) is 4.72 Å². The number of sulfonamides is 1. The molecule has 1 N–H and O–H groups in total. The van der Waals surface area contributed by atoms with Gasteiger partial charge in [-0.3, -0.25) is 4.79 Å². The summed E-state index contributed by atoms with van der Waals surface area (Å²) < 4.78 is 22.8. The van der Waals surface area contributed by atoms with E-state index in [1.807, 2.05) is 0 Å². The Kier molecular flexibility index (Phi) is 3.52. The fourth-order valence-electron chi connectivity index (χ4n) is 0.337. The fraction of sp³-hybridized carbons (Fsp3) is 0.600. The molecule has 0 aromatic heterocycles. The summed E-state index contributed by atoms with van der Waals surface area (Å²) in [6, 6.07) is 0. The van der Waals surface area contributed by atoms with Gasteiger partial charge in [0.1, 0.15) is 5.78 Å². The van der Waals surface area contributed by atoms with Crippen LogP contribution in [0, 0.1) is 6.54 Å². The first kappa shape index (κ1) is 9.58. The highest BCUT2D eigenvalue weighted by molar-refractivity contribution is 7.88. The molecule has 0 spiro atoms. The van der Waals surface area contributed by atoms with Crippen molar-refractivity contribution >= 4 is 15.8 Å². The molecule has 0 aromatic carbocycles. The van der Waals surface area contributed by atoms with Crippen molar-refractivity contribution in [2.45, 2.75) is 13.3 Å². The standard InChI is InChI=1S/C5H10NO3S/c1-5(7)3-4-6-10(2,8)9/h4,6H,3H2,1-2H3. The Balaban J connectivity index is 3.49. The van der Waals surface area contributed by atoms with Crippen molar-refractivity contribution in [2.75, 3.05) is 6.26 Å². The summed E-state index contributed by atoms with van der Waals surface area (Å²) in [4.78, 5) is 10.3. The van der Waals surface area contributed by atoms with Crippen LogP contribution in [0.1, 0.15) is 13.3 Å². The van der Waals surface area contributed by atoms with Crippen molar-refractivity contribution in [3.05, 3.63) is 6.54 Å². The zero-order chi connectivity index (χ0) is 8.20. The number of hydrogen-bond acceptors (Lipinski definition) is 3. The van der Waals surface area contributed by atoms with Crippen molar-refractivity contribution in [1.82, 2.24) is 4.72 Å². The summed E-state index contributed by atoms with van der Waals surface area (Å²) in [5.41, 5.74) is 0. The smallest absolute Gasteiger partial charge is 0.209 e. The Morgan fingerprint density at radius 3 is 2.40 bits per heavy atom. The second-order valence-electron chi connectivity index (χ2n) is 2.00. The molecule has 0 bridgehead atoms. The summed E-state index contributed by atoms with van der Waals surface area (Å²) in [6.07, 6.45) is 1.16. The van der Waals surface area contributed by atoms with Gasteiger partial charge in [0.05, 0.1) is 6.26 Å². The maximum absolute atomic E-state index is 10.4. The molecular formula is C5H10NO3S. The Labute approximate surface area is 60.7 Å². The van der Waals surface area contributed by atoms with E-state index in [0.29, 0.717) is 0 Å². The summed E-state index contributed by atoms with van der Waals surface area (Å²) >= 11 is 0. The van der Waals surface area contributed by atoms with Gasteiger partial charge < -0.3 is 0 Å². The quantitative estimate of drug-likeness (QED) is 0.619. The average molecular weight is 164 g/mol. The van der Waals surface area contributed by atoms with Gasteiger partial charge in [0, 0.05) is 13.0 Å². The van der Waals surface area contributed by atoms with Gasteiger partial charge in [-0.15, -0.1) is 0 Å². The fourth-order valence-corrected chi connectivity index (χ4v) is 0.723. The molecule has 59 valence electrons. The number of rotatable bonds is 4. The van der Waals surface area contributed by atoms with E-state index >= 15 is 0 Å². The largest absolute Gasteiger partial charge is 0.300 e. The molecule has 5 heteroatoms. The highest BCUT2D eigenvalue weighted by atomic mass is 32.2. The highest BCUT2D eigenvalue weighted by Crippen LogP contribution is 1.85. The van der Waals surface area contributed by atoms with Gasteiger partial charge in [-0.25, -0.2) is 13.1 Å². The molecule has 0 saturated heterocycles. The molecule has 1 radical (unpaired) electrons. The third-order valence-electron chi connectivity index (χ3n) is 0.687. The van der Waals surface area contributed by atoms with Crippen molar-refractivity contribution in [3.63, 3.8) is 0 Å². The Morgan fingerprint density at radius 2 is 2.10 bits per heavy atom. The molecule has 0 saturated carbocycles. The average Bonchev–Trinajstić information content (AvgIpc) is 1.59. The second-order valence-corrected chi connectivity index (χ2v) is 3.78. The minimum atomic E-state index is -3.18. The van der Waals surface area contributed by atoms with Crippen molar-refractivity contribution in [2.24, 2.45) is 0 Å². The van der Waals surface area contributed by atoms with Gasteiger partial charge in [-0.2, -0.15) is 0 Å². The lowest BCUT2D eigenvalue weighted by Crippen LogP contribution is -2.19. The summed E-state index contributed by atoms with van der Waals surface area (Å²) in [6.45, 7) is 2.61. The lowest BCUT2D eigenvalue weighted by molar-refractivity contribution is -0.116. The van der Waals surface area contributed by atoms with Gasteiger partial charge in [0.15, 0.2) is 0 Å². The topological polar surface area (TPSA) is 63.2 Å². The van der Waals surface area contributed by atoms with Crippen LogP contribution in [0.3, 0.4) is 0 Å². The van der Waals surface area contributed by atoms with Crippen LogP contribution in [0.2, 0.25) is 0 Å². The molecule has 4 nitrogen and oxygen atoms in total. The van der Waals surface area contributed by atoms with Crippen LogP contribution in [-0.4, -0.2) is 20.5 Å². The normalized spacial score (nSPS) is 11.4. The van der Waals surface area contributed by atoms with Gasteiger partial charge in [0.25, 0.3) is 0 Å². The van der Waals surface area contributed by atoms with Crippen LogP contribution < -0.4 is 4.72 Å². The molecule has 0 aliphatic carbocycles. The molecule has 0 rings (SSSR count). The third-order valence-corrected chi connectivity index (χ3v) is 1.28. The van der Waals surface area contributed by atoms with Crippen LogP contribution in [0.15, 0.2) is 0 Å². The van der Waals surface area contributed by atoms with E-state index < -0.39 is 10.0 Å². The van der Waals surface area contributed by atoms with Gasteiger partial charge in [-0.05, 0) is 6.92 Å². The number of ketones is 1. The van der Waals surface area contributed by atoms with Crippen molar-refractivity contribution < 1.29 is 13.2 Å². The van der Waals surface area contributed by atoms with E-state index in [4.69, 9.17) is 0 Å². The highest BCUT2D eigenvalue weighted by Gasteiger charge is 2.00. The first-order valence-electron chi connectivity index (χ1n) is 2.70. The van der Waals surface area contributed by atoms with Crippen molar-refractivity contribution in [1.29, 1.82) is 0 Å². The van der Waals surface area contributed by atoms with E-state index in [0.717, 1.165) is 6.26 Å². The Hall–Kier alpha value is -0.420. The first-order valence-corrected chi connectivity index (χ1v) is 4.59. The number of Topliss-reactive ketones (excluding diaryl/α,β-unsaturated/α-hetero) is 1. The maximum atomic E-state index is 10.4. The Bertz CT molecular complexity index is 207. The predicted molar refractivity (Wildman–Crippen MR) is 37.6 cm³/mol. The lowest BCUT2D eigenvalue weighted by atomic mass is 10.3. The Morgan fingerprint density at radius 1 is 1.60 bits per heavy atom. The lowest BCUT2D eigenvalue weighted by Gasteiger charge is -1.96. The first-order chi connectivity index (χ1) is 4.42. The van der Waals surface area contributed by atoms with E-state index in [9.17, 15) is 13.2 Å². The van der Waals surface area contributed by atoms with Crippen LogP contribution in [0.4, 0.5) is 0 Å². The van der Waals surface area contributed by atoms with E-state index in [1.54, 1.807) is 0 Å². The molecule has 0 aliphatic rings. The van der Waals surface area contributed by atoms with Gasteiger partial charge in [-0.1, -0.05) is 0 Å². The van der Waals surface area contributed by atoms with Crippen LogP contribution in [0.5, 0.6) is 0 Å². The van der Waals surface area contributed by atoms with Crippen LogP contribution in [0.25, 0.3) is 0 Å². The molecular weight excluding hydrogens is 154 g/mol. The van der Waals surface area contributed by atoms with Crippen LogP contribution in [-0.2, 0) is 14.8 Å². The molecule has 0 heterocycles. The monoisotopic (exact) mass is 164 g/mol. The zero-order valence-electron chi connectivity index (χ0n) is 5.92. The molecule has 10 heavy (non-hydrogen) atoms. The minimum absolute atomic E-state index is 0.0730. The molecule has 0 aromatic rings. The van der Waals surface area contributed by atoms with Gasteiger partial charge in [0.2, 0.25) is 10.0 Å². The summed E-state index contributed by atoms with van der Waals surface area (Å²) in [5, 5.41) is 0. The zero-order valence-corrected chi connectivity index (χ0v) is 6.73. The predicted octanol–water partition coefficient (Wildman–Crippen LogP) is -0.324. The minimum Gasteiger partial charge on any atom is -0.300 e. The second kappa shape index (κ2) is 3.68.